The molecule has 1 spiro atoms. The van der Waals surface area contributed by atoms with E-state index in [0.717, 1.165) is 0 Å². The van der Waals surface area contributed by atoms with E-state index in [1.165, 1.54) is 0 Å². The molecule has 0 unspecified atom stereocenters. The van der Waals surface area contributed by atoms with Gasteiger partial charge in [-0.2, -0.15) is 0 Å². The molecule has 0 saturated carbocycles. The molecule has 2 aliphatic rings. The number of Topliss-reactive ketones (excluding diaryl/α,β-unsaturated/α-hetero) is 1. The topological polar surface area (TPSA) is 35.5 Å². The summed E-state index contributed by atoms with van der Waals surface area (Å²) in [6.45, 7) is 0.904. The molecule has 3 nitrogen and oxygen atoms in total. The monoisotopic (exact) mass is 208 g/mol. The summed E-state index contributed by atoms with van der Waals surface area (Å²) in [5.41, 5.74) is 0. The van der Waals surface area contributed by atoms with Crippen LogP contribution in [0.2, 0.25) is 0 Å². The molecule has 2 rings (SSSR count). The van der Waals surface area contributed by atoms with Crippen LogP contribution in [0.4, 0.5) is 0 Å². The van der Waals surface area contributed by atoms with Crippen LogP contribution in [-0.4, -0.2) is 24.8 Å². The molecule has 0 aromatic carbocycles. The standard InChI is InChI=1S/C7H6Cl2O3/c8-5-4(10)3-7(6(5)9)11-1-2-12-7/h1-3H2. The quantitative estimate of drug-likeness (QED) is 0.604. The van der Waals surface area contributed by atoms with E-state index in [4.69, 9.17) is 32.7 Å². The van der Waals surface area contributed by atoms with Crippen molar-refractivity contribution in [3.63, 3.8) is 0 Å². The van der Waals surface area contributed by atoms with Crippen LogP contribution in [-0.2, 0) is 14.3 Å². The third-order valence-corrected chi connectivity index (χ3v) is 2.89. The lowest BCUT2D eigenvalue weighted by molar-refractivity contribution is -0.137. The fourth-order valence-electron chi connectivity index (χ4n) is 1.34. The Bertz CT molecular complexity index is 266. The van der Waals surface area contributed by atoms with Crippen molar-refractivity contribution in [2.24, 2.45) is 0 Å². The minimum atomic E-state index is -1.05. The van der Waals surface area contributed by atoms with Gasteiger partial charge < -0.3 is 9.47 Å². The number of ether oxygens (including phenoxy) is 2. The Labute approximate surface area is 79.2 Å². The van der Waals surface area contributed by atoms with E-state index >= 15 is 0 Å². The van der Waals surface area contributed by atoms with Gasteiger partial charge in [-0.3, -0.25) is 4.79 Å². The zero-order valence-corrected chi connectivity index (χ0v) is 7.61. The number of allylic oxidation sites excluding steroid dienone is 1. The van der Waals surface area contributed by atoms with Gasteiger partial charge in [0.2, 0.25) is 5.79 Å². The largest absolute Gasteiger partial charge is 0.342 e. The molecule has 12 heavy (non-hydrogen) atoms. The van der Waals surface area contributed by atoms with E-state index in [1.807, 2.05) is 0 Å². The second kappa shape index (κ2) is 2.70. The number of ketones is 1. The lowest BCUT2D eigenvalue weighted by Crippen LogP contribution is -2.28. The van der Waals surface area contributed by atoms with Crippen molar-refractivity contribution in [3.05, 3.63) is 10.1 Å². The number of halogens is 2. The Balaban J connectivity index is 2.37. The number of rotatable bonds is 0. The summed E-state index contributed by atoms with van der Waals surface area (Å²) in [6, 6.07) is 0. The summed E-state index contributed by atoms with van der Waals surface area (Å²) in [6.07, 6.45) is 0.102. The van der Waals surface area contributed by atoms with Crippen LogP contribution in [0.15, 0.2) is 10.1 Å². The first-order valence-corrected chi connectivity index (χ1v) is 4.28. The van der Waals surface area contributed by atoms with Gasteiger partial charge in [0.25, 0.3) is 0 Å². The first-order valence-electron chi connectivity index (χ1n) is 3.52. The molecule has 0 N–H and O–H groups in total. The van der Waals surface area contributed by atoms with Gasteiger partial charge in [0.1, 0.15) is 5.03 Å². The van der Waals surface area contributed by atoms with Gasteiger partial charge in [-0.05, 0) is 0 Å². The molecule has 5 heteroatoms. The maximum atomic E-state index is 11.1. The van der Waals surface area contributed by atoms with Crippen LogP contribution in [0.3, 0.4) is 0 Å². The second-order valence-electron chi connectivity index (χ2n) is 2.68. The highest BCUT2D eigenvalue weighted by molar-refractivity contribution is 6.50. The molecule has 1 aliphatic heterocycles. The molecule has 0 bridgehead atoms. The van der Waals surface area contributed by atoms with E-state index in [-0.39, 0.29) is 22.3 Å². The van der Waals surface area contributed by atoms with Crippen LogP contribution < -0.4 is 0 Å². The zero-order chi connectivity index (χ0) is 8.77. The smallest absolute Gasteiger partial charge is 0.214 e. The molecular weight excluding hydrogens is 203 g/mol. The summed E-state index contributed by atoms with van der Waals surface area (Å²) in [7, 11) is 0. The first-order chi connectivity index (χ1) is 5.66. The third kappa shape index (κ3) is 1.01. The fraction of sp³-hybridized carbons (Fsp3) is 0.571. The van der Waals surface area contributed by atoms with Crippen LogP contribution in [0, 0.1) is 0 Å². The molecule has 1 heterocycles. The van der Waals surface area contributed by atoms with Gasteiger partial charge >= 0.3 is 0 Å². The van der Waals surface area contributed by atoms with E-state index in [1.54, 1.807) is 0 Å². The molecule has 1 fully saturated rings. The van der Waals surface area contributed by atoms with E-state index in [0.29, 0.717) is 13.2 Å². The summed E-state index contributed by atoms with van der Waals surface area (Å²) in [4.78, 5) is 11.1. The van der Waals surface area contributed by atoms with Gasteiger partial charge in [0.15, 0.2) is 5.78 Å². The maximum Gasteiger partial charge on any atom is 0.214 e. The van der Waals surface area contributed by atoms with Gasteiger partial charge in [-0.1, -0.05) is 23.2 Å². The Kier molecular flexibility index (Phi) is 1.92. The number of hydrogen-bond acceptors (Lipinski definition) is 3. The summed E-state index contributed by atoms with van der Waals surface area (Å²) >= 11 is 11.4. The Morgan fingerprint density at radius 1 is 1.25 bits per heavy atom. The fourth-order valence-corrected chi connectivity index (χ4v) is 1.83. The predicted octanol–water partition coefficient (Wildman–Crippen LogP) is 1.39. The normalized spacial score (nSPS) is 27.7. The lowest BCUT2D eigenvalue weighted by Gasteiger charge is -2.20. The molecular formula is C7H6Cl2O3. The summed E-state index contributed by atoms with van der Waals surface area (Å²) in [5.74, 6) is -1.26. The molecule has 0 amide bonds. The Morgan fingerprint density at radius 2 is 1.83 bits per heavy atom. The minimum Gasteiger partial charge on any atom is -0.342 e. The summed E-state index contributed by atoms with van der Waals surface area (Å²) < 4.78 is 10.5. The number of carbonyl (C=O) groups is 1. The van der Waals surface area contributed by atoms with Crippen molar-refractivity contribution in [2.45, 2.75) is 12.2 Å². The van der Waals surface area contributed by atoms with Crippen molar-refractivity contribution in [1.29, 1.82) is 0 Å². The van der Waals surface area contributed by atoms with Crippen LogP contribution in [0.1, 0.15) is 6.42 Å². The second-order valence-corrected chi connectivity index (χ2v) is 3.43. The van der Waals surface area contributed by atoms with Gasteiger partial charge in [-0.25, -0.2) is 0 Å². The van der Waals surface area contributed by atoms with Crippen LogP contribution in [0.5, 0.6) is 0 Å². The Hall–Kier alpha value is -0.0900. The Morgan fingerprint density at radius 3 is 2.25 bits per heavy atom. The maximum absolute atomic E-state index is 11.1. The first kappa shape index (κ1) is 8.51. The van der Waals surface area contributed by atoms with E-state index in [9.17, 15) is 4.79 Å². The average molecular weight is 209 g/mol. The predicted molar refractivity (Wildman–Crippen MR) is 43.0 cm³/mol. The van der Waals surface area contributed by atoms with Crippen LogP contribution in [0.25, 0.3) is 0 Å². The molecule has 0 radical (unpaired) electrons. The molecule has 0 aromatic rings. The highest BCUT2D eigenvalue weighted by Crippen LogP contribution is 2.43. The average Bonchev–Trinajstić information content (AvgIpc) is 2.57. The molecule has 0 aromatic heterocycles. The number of carbonyl (C=O) groups excluding carboxylic acids is 1. The zero-order valence-electron chi connectivity index (χ0n) is 6.10. The van der Waals surface area contributed by atoms with E-state index < -0.39 is 5.79 Å². The molecule has 1 aliphatic carbocycles. The molecule has 66 valence electrons. The summed E-state index contributed by atoms with van der Waals surface area (Å²) in [5, 5.41) is 0.227. The molecule has 1 saturated heterocycles. The minimum absolute atomic E-state index is 0.0403. The van der Waals surface area contributed by atoms with Crippen molar-refractivity contribution in [1.82, 2.24) is 0 Å². The van der Waals surface area contributed by atoms with Gasteiger partial charge in [0, 0.05) is 0 Å². The third-order valence-electron chi connectivity index (χ3n) is 1.92. The van der Waals surface area contributed by atoms with Crippen molar-refractivity contribution in [3.8, 4) is 0 Å². The van der Waals surface area contributed by atoms with Crippen molar-refractivity contribution >= 4 is 29.0 Å². The lowest BCUT2D eigenvalue weighted by atomic mass is 10.2. The SMILES string of the molecule is O=C1CC2(OCCO2)C(Cl)=C1Cl. The number of hydrogen-bond donors (Lipinski definition) is 0. The van der Waals surface area contributed by atoms with E-state index in [2.05, 4.69) is 0 Å². The molecule has 0 atom stereocenters. The van der Waals surface area contributed by atoms with Crippen molar-refractivity contribution in [2.75, 3.05) is 13.2 Å². The van der Waals surface area contributed by atoms with Gasteiger partial charge in [-0.15, -0.1) is 0 Å². The highest BCUT2D eigenvalue weighted by Gasteiger charge is 2.49. The van der Waals surface area contributed by atoms with Crippen LogP contribution >= 0.6 is 23.2 Å². The van der Waals surface area contributed by atoms with Gasteiger partial charge in [0.05, 0.1) is 24.7 Å². The highest BCUT2D eigenvalue weighted by atomic mass is 35.5. The van der Waals surface area contributed by atoms with Crippen molar-refractivity contribution < 1.29 is 14.3 Å².